The molecule has 0 aliphatic heterocycles. The molecule has 3 heteroatoms. The maximum absolute atomic E-state index is 11.9. The summed E-state index contributed by atoms with van der Waals surface area (Å²) in [6.07, 6.45) is 1.98. The molecule has 0 heterocycles. The molecule has 0 saturated heterocycles. The number of rotatable bonds is 3. The van der Waals surface area contributed by atoms with Crippen LogP contribution in [0.2, 0.25) is 0 Å². The first-order valence-electron chi connectivity index (χ1n) is 5.37. The Bertz CT molecular complexity index is 484. The van der Waals surface area contributed by atoms with Gasteiger partial charge in [-0.15, -0.1) is 0 Å². The van der Waals surface area contributed by atoms with E-state index in [-0.39, 0.29) is 5.78 Å². The minimum absolute atomic E-state index is 0.255. The smallest absolute Gasteiger partial charge is 0.328 e. The molecule has 17 heavy (non-hydrogen) atoms. The molecule has 0 amide bonds. The predicted molar refractivity (Wildman–Crippen MR) is 66.5 cm³/mol. The Balaban J connectivity index is 3.31. The highest BCUT2D eigenvalue weighted by Crippen LogP contribution is 2.22. The maximum Gasteiger partial charge on any atom is 0.328 e. The molecule has 0 saturated carbocycles. The second kappa shape index (κ2) is 4.95. The fourth-order valence-corrected chi connectivity index (χ4v) is 1.82. The molecule has 0 aliphatic carbocycles. The molecule has 1 aromatic rings. The molecule has 0 aliphatic rings. The molecule has 0 atom stereocenters. The maximum atomic E-state index is 11.9. The molecule has 1 aromatic carbocycles. The van der Waals surface area contributed by atoms with Crippen molar-refractivity contribution in [2.24, 2.45) is 0 Å². The van der Waals surface area contributed by atoms with Gasteiger partial charge in [-0.05, 0) is 56.0 Å². The van der Waals surface area contributed by atoms with Crippen molar-refractivity contribution in [2.45, 2.75) is 27.7 Å². The average Bonchev–Trinajstić information content (AvgIpc) is 2.24. The lowest BCUT2D eigenvalue weighted by Crippen LogP contribution is -2.06. The molecule has 0 radical (unpaired) electrons. The Labute approximate surface area is 101 Å². The monoisotopic (exact) mass is 232 g/mol. The van der Waals surface area contributed by atoms with Crippen LogP contribution in [0, 0.1) is 27.7 Å². The summed E-state index contributed by atoms with van der Waals surface area (Å²) < 4.78 is 0. The van der Waals surface area contributed by atoms with Gasteiger partial charge in [0.15, 0.2) is 5.78 Å². The van der Waals surface area contributed by atoms with E-state index in [2.05, 4.69) is 0 Å². The van der Waals surface area contributed by atoms with E-state index in [9.17, 15) is 9.59 Å². The SMILES string of the molecule is Cc1cc(C)c(C)c(C(=O)/C=C\C(=O)O)c1C. The third-order valence-electron chi connectivity index (χ3n) is 2.99. The molecule has 0 fully saturated rings. The second-order valence-corrected chi connectivity index (χ2v) is 4.17. The third-order valence-corrected chi connectivity index (χ3v) is 2.99. The third kappa shape index (κ3) is 2.81. The van der Waals surface area contributed by atoms with Crippen LogP contribution in [0.25, 0.3) is 0 Å². The quantitative estimate of drug-likeness (QED) is 0.644. The number of carbonyl (C=O) groups is 2. The summed E-state index contributed by atoms with van der Waals surface area (Å²) in [5.41, 5.74) is 4.52. The van der Waals surface area contributed by atoms with E-state index < -0.39 is 5.97 Å². The number of carbonyl (C=O) groups excluding carboxylic acids is 1. The Kier molecular flexibility index (Phi) is 3.84. The average molecular weight is 232 g/mol. The number of aryl methyl sites for hydroxylation is 2. The van der Waals surface area contributed by atoms with Crippen molar-refractivity contribution in [3.63, 3.8) is 0 Å². The van der Waals surface area contributed by atoms with Gasteiger partial charge in [-0.1, -0.05) is 6.07 Å². The van der Waals surface area contributed by atoms with Crippen LogP contribution in [0.4, 0.5) is 0 Å². The van der Waals surface area contributed by atoms with Crippen molar-refractivity contribution in [3.05, 3.63) is 46.0 Å². The highest BCUT2D eigenvalue weighted by atomic mass is 16.4. The summed E-state index contributed by atoms with van der Waals surface area (Å²) in [6.45, 7) is 7.64. The van der Waals surface area contributed by atoms with Gasteiger partial charge in [0.1, 0.15) is 0 Å². The zero-order valence-corrected chi connectivity index (χ0v) is 10.5. The van der Waals surface area contributed by atoms with Gasteiger partial charge in [0.2, 0.25) is 0 Å². The first kappa shape index (κ1) is 13.2. The predicted octanol–water partition coefficient (Wildman–Crippen LogP) is 2.74. The van der Waals surface area contributed by atoms with E-state index in [4.69, 9.17) is 5.11 Å². The molecule has 1 rings (SSSR count). The summed E-state index contributed by atoms with van der Waals surface area (Å²) in [6, 6.07) is 2.03. The zero-order valence-electron chi connectivity index (χ0n) is 10.5. The van der Waals surface area contributed by atoms with Gasteiger partial charge >= 0.3 is 5.97 Å². The number of allylic oxidation sites excluding steroid dienone is 1. The highest BCUT2D eigenvalue weighted by molar-refractivity contribution is 6.09. The van der Waals surface area contributed by atoms with Crippen molar-refractivity contribution in [1.82, 2.24) is 0 Å². The van der Waals surface area contributed by atoms with Crippen LogP contribution in [0.15, 0.2) is 18.2 Å². The Morgan fingerprint density at radius 3 is 1.88 bits per heavy atom. The summed E-state index contributed by atoms with van der Waals surface area (Å²) >= 11 is 0. The van der Waals surface area contributed by atoms with Gasteiger partial charge in [-0.2, -0.15) is 0 Å². The molecule has 90 valence electrons. The molecule has 0 aromatic heterocycles. The van der Waals surface area contributed by atoms with E-state index in [1.807, 2.05) is 33.8 Å². The number of benzene rings is 1. The molecule has 1 N–H and O–H groups in total. The van der Waals surface area contributed by atoms with Crippen LogP contribution in [0.5, 0.6) is 0 Å². The summed E-state index contributed by atoms with van der Waals surface area (Å²) in [7, 11) is 0. The highest BCUT2D eigenvalue weighted by Gasteiger charge is 2.13. The van der Waals surface area contributed by atoms with Crippen molar-refractivity contribution in [1.29, 1.82) is 0 Å². The van der Waals surface area contributed by atoms with E-state index in [0.717, 1.165) is 34.4 Å². The Hall–Kier alpha value is -1.90. The van der Waals surface area contributed by atoms with Gasteiger partial charge in [0, 0.05) is 11.6 Å². The van der Waals surface area contributed by atoms with Crippen LogP contribution >= 0.6 is 0 Å². The van der Waals surface area contributed by atoms with Gasteiger partial charge in [0.25, 0.3) is 0 Å². The number of carboxylic acid groups (broad SMARTS) is 1. The number of hydrogen-bond acceptors (Lipinski definition) is 2. The molecule has 3 nitrogen and oxygen atoms in total. The summed E-state index contributed by atoms with van der Waals surface area (Å²) in [5.74, 6) is -1.37. The van der Waals surface area contributed by atoms with E-state index in [1.54, 1.807) is 0 Å². The summed E-state index contributed by atoms with van der Waals surface area (Å²) in [4.78, 5) is 22.3. The van der Waals surface area contributed by atoms with Gasteiger partial charge in [0.05, 0.1) is 0 Å². The lowest BCUT2D eigenvalue weighted by Gasteiger charge is -2.12. The van der Waals surface area contributed by atoms with Crippen LogP contribution in [-0.4, -0.2) is 16.9 Å². The van der Waals surface area contributed by atoms with Gasteiger partial charge in [-0.25, -0.2) is 4.79 Å². The fourth-order valence-electron chi connectivity index (χ4n) is 1.82. The lowest BCUT2D eigenvalue weighted by atomic mass is 9.91. The number of hydrogen-bond donors (Lipinski definition) is 1. The first-order valence-corrected chi connectivity index (χ1v) is 5.37. The molecular weight excluding hydrogens is 216 g/mol. The summed E-state index contributed by atoms with van der Waals surface area (Å²) in [5, 5.41) is 8.52. The first-order chi connectivity index (χ1) is 7.84. The van der Waals surface area contributed by atoms with Crippen molar-refractivity contribution in [3.8, 4) is 0 Å². The van der Waals surface area contributed by atoms with Crippen LogP contribution in [-0.2, 0) is 4.79 Å². The molecule has 0 spiro atoms. The molecule has 0 unspecified atom stereocenters. The van der Waals surface area contributed by atoms with E-state index in [0.29, 0.717) is 5.56 Å². The van der Waals surface area contributed by atoms with E-state index in [1.165, 1.54) is 0 Å². The van der Waals surface area contributed by atoms with Crippen LogP contribution in [0.1, 0.15) is 32.6 Å². The van der Waals surface area contributed by atoms with Crippen molar-refractivity contribution in [2.75, 3.05) is 0 Å². The Morgan fingerprint density at radius 1 is 1.00 bits per heavy atom. The number of carboxylic acids is 1. The van der Waals surface area contributed by atoms with Crippen LogP contribution in [0.3, 0.4) is 0 Å². The van der Waals surface area contributed by atoms with Crippen LogP contribution < -0.4 is 0 Å². The molecule has 0 bridgehead atoms. The lowest BCUT2D eigenvalue weighted by molar-refractivity contribution is -0.131. The number of ketones is 1. The van der Waals surface area contributed by atoms with Crippen molar-refractivity contribution < 1.29 is 14.7 Å². The molecular formula is C14H16O3. The number of aliphatic carboxylic acids is 1. The van der Waals surface area contributed by atoms with Gasteiger partial charge in [-0.3, -0.25) is 4.79 Å². The fraction of sp³-hybridized carbons (Fsp3) is 0.286. The topological polar surface area (TPSA) is 54.4 Å². The van der Waals surface area contributed by atoms with Gasteiger partial charge < -0.3 is 5.11 Å². The Morgan fingerprint density at radius 2 is 1.47 bits per heavy atom. The standard InChI is InChI=1S/C14H16O3/c1-8-7-9(2)11(4)14(10(8)3)12(15)5-6-13(16)17/h5-7H,1-4H3,(H,16,17)/b6-5-. The van der Waals surface area contributed by atoms with E-state index >= 15 is 0 Å². The second-order valence-electron chi connectivity index (χ2n) is 4.17. The minimum Gasteiger partial charge on any atom is -0.478 e. The van der Waals surface area contributed by atoms with Crippen molar-refractivity contribution >= 4 is 11.8 Å². The normalized spacial score (nSPS) is 10.8. The minimum atomic E-state index is -1.11. The largest absolute Gasteiger partial charge is 0.478 e. The zero-order chi connectivity index (χ0) is 13.2.